The zero-order chi connectivity index (χ0) is 11.2. The van der Waals surface area contributed by atoms with Gasteiger partial charge in [-0.25, -0.2) is 4.68 Å². The normalized spacial score (nSPS) is 11.1. The predicted octanol–water partition coefficient (Wildman–Crippen LogP) is 1.82. The van der Waals surface area contributed by atoms with Crippen LogP contribution >= 0.6 is 0 Å². The Hall–Kier alpha value is -1.42. The zero-order valence-electron chi connectivity index (χ0n) is 9.69. The zero-order valence-corrected chi connectivity index (χ0v) is 9.69. The molecule has 0 aliphatic rings. The van der Waals surface area contributed by atoms with E-state index in [1.807, 2.05) is 22.9 Å². The van der Waals surface area contributed by atoms with Gasteiger partial charge in [0.15, 0.2) is 0 Å². The molecule has 1 heterocycles. The minimum atomic E-state index is 0.879. The monoisotopic (exact) mass is 218 g/mol. The molecule has 2 aromatic rings. The summed E-state index contributed by atoms with van der Waals surface area (Å²) in [5.74, 6) is 0. The van der Waals surface area contributed by atoms with Crippen molar-refractivity contribution < 1.29 is 0 Å². The van der Waals surface area contributed by atoms with Gasteiger partial charge < -0.3 is 5.32 Å². The van der Waals surface area contributed by atoms with E-state index in [0.29, 0.717) is 0 Å². The summed E-state index contributed by atoms with van der Waals surface area (Å²) in [6, 6.07) is 8.05. The molecule has 0 bridgehead atoms. The molecule has 0 atom stereocenters. The minimum Gasteiger partial charge on any atom is -0.315 e. The van der Waals surface area contributed by atoms with Crippen LogP contribution in [0.3, 0.4) is 0 Å². The Labute approximate surface area is 95.6 Å². The Morgan fingerprint density at radius 2 is 2.12 bits per heavy atom. The molecule has 0 amide bonds. The summed E-state index contributed by atoms with van der Waals surface area (Å²) in [7, 11) is 0. The number of fused-ring (bicyclic) bond motifs is 1. The van der Waals surface area contributed by atoms with Crippen molar-refractivity contribution in [3.63, 3.8) is 0 Å². The lowest BCUT2D eigenvalue weighted by Gasteiger charge is -2.04. The average Bonchev–Trinajstić information content (AvgIpc) is 2.73. The van der Waals surface area contributed by atoms with E-state index in [1.165, 1.54) is 12.8 Å². The number of benzene rings is 1. The van der Waals surface area contributed by atoms with Crippen LogP contribution in [-0.2, 0) is 6.54 Å². The number of unbranched alkanes of at least 4 members (excludes halogenated alkanes) is 1. The maximum absolute atomic E-state index is 4.14. The van der Waals surface area contributed by atoms with Crippen LogP contribution in [0.2, 0.25) is 0 Å². The van der Waals surface area contributed by atoms with Gasteiger partial charge in [-0.05, 0) is 25.1 Å². The molecule has 0 fully saturated rings. The van der Waals surface area contributed by atoms with E-state index in [2.05, 4.69) is 28.6 Å². The fourth-order valence-corrected chi connectivity index (χ4v) is 1.69. The number of para-hydroxylation sites is 1. The maximum atomic E-state index is 4.14. The Kier molecular flexibility index (Phi) is 3.88. The van der Waals surface area contributed by atoms with Crippen LogP contribution in [0, 0.1) is 0 Å². The molecule has 0 radical (unpaired) electrons. The van der Waals surface area contributed by atoms with Gasteiger partial charge in [-0.15, -0.1) is 5.10 Å². The SMILES string of the molecule is CCCCNCCn1nnc2ccccc21. The van der Waals surface area contributed by atoms with Crippen molar-refractivity contribution in [2.75, 3.05) is 13.1 Å². The van der Waals surface area contributed by atoms with Gasteiger partial charge in [0, 0.05) is 6.54 Å². The first-order chi connectivity index (χ1) is 7.92. The highest BCUT2D eigenvalue weighted by Gasteiger charge is 2.01. The molecule has 86 valence electrons. The second-order valence-corrected chi connectivity index (χ2v) is 3.90. The first kappa shape index (κ1) is 11.1. The Morgan fingerprint density at radius 1 is 1.25 bits per heavy atom. The van der Waals surface area contributed by atoms with Gasteiger partial charge in [0.1, 0.15) is 5.52 Å². The molecule has 1 N–H and O–H groups in total. The standard InChI is InChI=1S/C12H18N4/c1-2-3-8-13-9-10-16-12-7-5-4-6-11(12)14-15-16/h4-7,13H,2-3,8-10H2,1H3. The van der Waals surface area contributed by atoms with Gasteiger partial charge in [-0.2, -0.15) is 0 Å². The summed E-state index contributed by atoms with van der Waals surface area (Å²) in [6.45, 7) is 5.12. The van der Waals surface area contributed by atoms with E-state index in [4.69, 9.17) is 0 Å². The number of aromatic nitrogens is 3. The molecule has 1 aromatic carbocycles. The number of nitrogens with zero attached hydrogens (tertiary/aromatic N) is 3. The molecule has 0 saturated carbocycles. The second-order valence-electron chi connectivity index (χ2n) is 3.90. The van der Waals surface area contributed by atoms with Crippen LogP contribution in [0.1, 0.15) is 19.8 Å². The summed E-state index contributed by atoms with van der Waals surface area (Å²) < 4.78 is 1.95. The number of nitrogens with one attached hydrogen (secondary N) is 1. The van der Waals surface area contributed by atoms with E-state index >= 15 is 0 Å². The highest BCUT2D eigenvalue weighted by Crippen LogP contribution is 2.08. The lowest BCUT2D eigenvalue weighted by atomic mass is 10.3. The Morgan fingerprint density at radius 3 is 3.00 bits per heavy atom. The fraction of sp³-hybridized carbons (Fsp3) is 0.500. The van der Waals surface area contributed by atoms with Crippen LogP contribution in [0.5, 0.6) is 0 Å². The largest absolute Gasteiger partial charge is 0.315 e. The highest BCUT2D eigenvalue weighted by atomic mass is 15.4. The van der Waals surface area contributed by atoms with Crippen LogP contribution < -0.4 is 5.32 Å². The van der Waals surface area contributed by atoms with Gasteiger partial charge in [-0.1, -0.05) is 30.7 Å². The van der Waals surface area contributed by atoms with E-state index < -0.39 is 0 Å². The van der Waals surface area contributed by atoms with Crippen LogP contribution in [0.25, 0.3) is 11.0 Å². The third-order valence-corrected chi connectivity index (χ3v) is 2.63. The van der Waals surface area contributed by atoms with Crippen molar-refractivity contribution in [3.8, 4) is 0 Å². The van der Waals surface area contributed by atoms with Crippen molar-refractivity contribution in [2.45, 2.75) is 26.3 Å². The number of hydrogen-bond acceptors (Lipinski definition) is 3. The summed E-state index contributed by atoms with van der Waals surface area (Å²) in [5, 5.41) is 11.7. The molecule has 0 aliphatic carbocycles. The van der Waals surface area contributed by atoms with E-state index in [9.17, 15) is 0 Å². The molecule has 2 rings (SSSR count). The minimum absolute atomic E-state index is 0.879. The number of rotatable bonds is 6. The molecule has 0 spiro atoms. The van der Waals surface area contributed by atoms with Crippen molar-refractivity contribution in [1.82, 2.24) is 20.3 Å². The van der Waals surface area contributed by atoms with E-state index in [0.717, 1.165) is 30.7 Å². The first-order valence-electron chi connectivity index (χ1n) is 5.91. The molecular weight excluding hydrogens is 200 g/mol. The molecule has 0 aliphatic heterocycles. The molecule has 1 aromatic heterocycles. The van der Waals surface area contributed by atoms with Crippen LogP contribution in [0.15, 0.2) is 24.3 Å². The summed E-state index contributed by atoms with van der Waals surface area (Å²) in [4.78, 5) is 0. The first-order valence-corrected chi connectivity index (χ1v) is 5.91. The van der Waals surface area contributed by atoms with Gasteiger partial charge in [0.05, 0.1) is 12.1 Å². The van der Waals surface area contributed by atoms with Gasteiger partial charge in [0.25, 0.3) is 0 Å². The van der Waals surface area contributed by atoms with E-state index in [-0.39, 0.29) is 0 Å². The third kappa shape index (κ3) is 2.58. The van der Waals surface area contributed by atoms with Crippen molar-refractivity contribution >= 4 is 11.0 Å². The molecular formula is C12H18N4. The summed E-state index contributed by atoms with van der Waals surface area (Å²) in [6.07, 6.45) is 2.47. The van der Waals surface area contributed by atoms with Crippen molar-refractivity contribution in [3.05, 3.63) is 24.3 Å². The van der Waals surface area contributed by atoms with Crippen LogP contribution in [-0.4, -0.2) is 28.1 Å². The summed E-state index contributed by atoms with van der Waals surface area (Å²) in [5.41, 5.74) is 2.08. The molecule has 16 heavy (non-hydrogen) atoms. The predicted molar refractivity (Wildman–Crippen MR) is 65.3 cm³/mol. The van der Waals surface area contributed by atoms with Crippen molar-refractivity contribution in [1.29, 1.82) is 0 Å². The maximum Gasteiger partial charge on any atom is 0.113 e. The van der Waals surface area contributed by atoms with Crippen molar-refractivity contribution in [2.24, 2.45) is 0 Å². The Bertz CT molecular complexity index is 435. The van der Waals surface area contributed by atoms with E-state index in [1.54, 1.807) is 0 Å². The average molecular weight is 218 g/mol. The molecule has 0 saturated heterocycles. The molecule has 0 unspecified atom stereocenters. The molecule has 4 heteroatoms. The van der Waals surface area contributed by atoms with Gasteiger partial charge >= 0.3 is 0 Å². The van der Waals surface area contributed by atoms with Gasteiger partial charge in [0.2, 0.25) is 0 Å². The Balaban J connectivity index is 1.89. The lowest BCUT2D eigenvalue weighted by molar-refractivity contribution is 0.543. The smallest absolute Gasteiger partial charge is 0.113 e. The van der Waals surface area contributed by atoms with Crippen LogP contribution in [0.4, 0.5) is 0 Å². The highest BCUT2D eigenvalue weighted by molar-refractivity contribution is 5.73. The van der Waals surface area contributed by atoms with Gasteiger partial charge in [-0.3, -0.25) is 0 Å². The summed E-state index contributed by atoms with van der Waals surface area (Å²) >= 11 is 0. The quantitative estimate of drug-likeness (QED) is 0.752. The topological polar surface area (TPSA) is 42.7 Å². The fourth-order valence-electron chi connectivity index (χ4n) is 1.69. The number of hydrogen-bond donors (Lipinski definition) is 1. The lowest BCUT2D eigenvalue weighted by Crippen LogP contribution is -2.21. The molecule has 4 nitrogen and oxygen atoms in total. The second kappa shape index (κ2) is 5.61. The third-order valence-electron chi connectivity index (χ3n) is 2.63.